The van der Waals surface area contributed by atoms with Crippen LogP contribution in [0.4, 0.5) is 33.2 Å². The molecule has 25 heavy (non-hydrogen) atoms. The molecule has 2 aromatic heterocycles. The van der Waals surface area contributed by atoms with Crippen LogP contribution in [-0.2, 0) is 6.18 Å². The standard InChI is InChI=1S/C14H8F4N4O2S/c15-7-3-4-8(10-2-1-5-24-10)9(6-7)19-12(23)20-13-22-21-11(25-13)14(16,17)18/h1-6H,(H2,19,20,22,23). The highest BCUT2D eigenvalue weighted by Gasteiger charge is 2.35. The van der Waals surface area contributed by atoms with Crippen LogP contribution in [0.25, 0.3) is 11.3 Å². The van der Waals surface area contributed by atoms with E-state index < -0.39 is 23.0 Å². The topological polar surface area (TPSA) is 80.0 Å². The number of anilines is 2. The first-order valence-electron chi connectivity index (χ1n) is 6.65. The number of amides is 2. The second-order valence-corrected chi connectivity index (χ2v) is 5.63. The number of carbonyl (C=O) groups excluding carboxylic acids is 1. The lowest BCUT2D eigenvalue weighted by Crippen LogP contribution is -2.19. The molecule has 1 aromatic carbocycles. The Morgan fingerprint density at radius 3 is 2.60 bits per heavy atom. The molecule has 3 rings (SSSR count). The molecule has 2 N–H and O–H groups in total. The first kappa shape index (κ1) is 16.9. The molecule has 0 aliphatic heterocycles. The molecule has 0 spiro atoms. The van der Waals surface area contributed by atoms with Crippen molar-refractivity contribution in [3.63, 3.8) is 0 Å². The van der Waals surface area contributed by atoms with Gasteiger partial charge in [-0.15, -0.1) is 10.2 Å². The van der Waals surface area contributed by atoms with Gasteiger partial charge in [0, 0.05) is 5.56 Å². The van der Waals surface area contributed by atoms with E-state index in [0.717, 1.165) is 6.07 Å². The molecule has 0 unspecified atom stereocenters. The minimum atomic E-state index is -4.65. The zero-order valence-electron chi connectivity index (χ0n) is 12.1. The Bertz CT molecular complexity index is 893. The number of hydrogen-bond acceptors (Lipinski definition) is 5. The molecule has 0 aliphatic rings. The second-order valence-electron chi connectivity index (χ2n) is 4.66. The number of halogens is 4. The molecule has 2 amide bonds. The molecule has 11 heteroatoms. The summed E-state index contributed by atoms with van der Waals surface area (Å²) in [4.78, 5) is 12.0. The molecule has 0 atom stereocenters. The lowest BCUT2D eigenvalue weighted by atomic mass is 10.1. The maximum absolute atomic E-state index is 13.5. The lowest BCUT2D eigenvalue weighted by Gasteiger charge is -2.09. The normalized spacial score (nSPS) is 11.4. The Balaban J connectivity index is 1.77. The van der Waals surface area contributed by atoms with Crippen LogP contribution in [0.15, 0.2) is 41.0 Å². The Labute approximate surface area is 141 Å². The van der Waals surface area contributed by atoms with E-state index in [4.69, 9.17) is 4.42 Å². The van der Waals surface area contributed by atoms with Crippen molar-refractivity contribution in [2.75, 3.05) is 10.6 Å². The number of carbonyl (C=O) groups is 1. The zero-order valence-corrected chi connectivity index (χ0v) is 12.9. The lowest BCUT2D eigenvalue weighted by molar-refractivity contribution is -0.138. The first-order chi connectivity index (χ1) is 11.8. The van der Waals surface area contributed by atoms with E-state index in [1.165, 1.54) is 18.4 Å². The van der Waals surface area contributed by atoms with Gasteiger partial charge in [-0.05, 0) is 30.3 Å². The number of hydrogen-bond donors (Lipinski definition) is 2. The number of alkyl halides is 3. The maximum Gasteiger partial charge on any atom is 0.445 e. The van der Waals surface area contributed by atoms with E-state index in [9.17, 15) is 22.4 Å². The van der Waals surface area contributed by atoms with Crippen LogP contribution in [0.1, 0.15) is 5.01 Å². The zero-order chi connectivity index (χ0) is 18.0. The summed E-state index contributed by atoms with van der Waals surface area (Å²) in [5.74, 6) is -0.230. The van der Waals surface area contributed by atoms with Crippen molar-refractivity contribution in [2.24, 2.45) is 0 Å². The SMILES string of the molecule is O=C(Nc1nnc(C(F)(F)F)s1)Nc1cc(F)ccc1-c1ccco1. The molecule has 0 bridgehead atoms. The van der Waals surface area contributed by atoms with Gasteiger partial charge in [0.2, 0.25) is 10.1 Å². The number of aromatic nitrogens is 2. The van der Waals surface area contributed by atoms with Crippen molar-refractivity contribution in [1.82, 2.24) is 10.2 Å². The number of urea groups is 1. The van der Waals surface area contributed by atoms with Gasteiger partial charge in [0.05, 0.1) is 12.0 Å². The van der Waals surface area contributed by atoms with Crippen LogP contribution in [0.3, 0.4) is 0 Å². The van der Waals surface area contributed by atoms with E-state index in [-0.39, 0.29) is 22.2 Å². The van der Waals surface area contributed by atoms with Gasteiger partial charge < -0.3 is 9.73 Å². The number of rotatable bonds is 3. The third kappa shape index (κ3) is 3.94. The summed E-state index contributed by atoms with van der Waals surface area (Å²) in [6, 6.07) is 5.96. The Hall–Kier alpha value is -2.95. The van der Waals surface area contributed by atoms with Gasteiger partial charge >= 0.3 is 12.2 Å². The number of nitrogens with zero attached hydrogens (tertiary/aromatic N) is 2. The summed E-state index contributed by atoms with van der Waals surface area (Å²) in [6.07, 6.45) is -3.24. The monoisotopic (exact) mass is 372 g/mol. The molecule has 0 saturated heterocycles. The maximum atomic E-state index is 13.5. The molecule has 0 aliphatic carbocycles. The summed E-state index contributed by atoms with van der Waals surface area (Å²) in [5, 5.41) is 9.11. The van der Waals surface area contributed by atoms with Crippen LogP contribution >= 0.6 is 11.3 Å². The molecular formula is C14H8F4N4O2S. The Morgan fingerprint density at radius 2 is 1.96 bits per heavy atom. The van der Waals surface area contributed by atoms with Gasteiger partial charge in [0.1, 0.15) is 11.6 Å². The number of benzene rings is 1. The summed E-state index contributed by atoms with van der Waals surface area (Å²) in [6.45, 7) is 0. The van der Waals surface area contributed by atoms with Gasteiger partial charge in [0.15, 0.2) is 0 Å². The quantitative estimate of drug-likeness (QED) is 0.659. The largest absolute Gasteiger partial charge is 0.464 e. The smallest absolute Gasteiger partial charge is 0.445 e. The molecular weight excluding hydrogens is 364 g/mol. The highest BCUT2D eigenvalue weighted by molar-refractivity contribution is 7.15. The fourth-order valence-electron chi connectivity index (χ4n) is 1.91. The molecule has 0 saturated carbocycles. The first-order valence-corrected chi connectivity index (χ1v) is 7.47. The van der Waals surface area contributed by atoms with E-state index in [2.05, 4.69) is 20.8 Å². The van der Waals surface area contributed by atoms with Crippen LogP contribution in [0.2, 0.25) is 0 Å². The molecule has 130 valence electrons. The third-order valence-electron chi connectivity index (χ3n) is 2.90. The fourth-order valence-corrected chi connectivity index (χ4v) is 2.51. The van der Waals surface area contributed by atoms with Crippen LogP contribution < -0.4 is 10.6 Å². The molecule has 0 radical (unpaired) electrons. The van der Waals surface area contributed by atoms with Gasteiger partial charge in [0.25, 0.3) is 0 Å². The summed E-state index contributed by atoms with van der Waals surface area (Å²) in [7, 11) is 0. The van der Waals surface area contributed by atoms with Crippen LogP contribution in [-0.4, -0.2) is 16.2 Å². The van der Waals surface area contributed by atoms with Gasteiger partial charge in [-0.2, -0.15) is 13.2 Å². The van der Waals surface area contributed by atoms with Crippen LogP contribution in [0, 0.1) is 5.82 Å². The highest BCUT2D eigenvalue weighted by atomic mass is 32.1. The summed E-state index contributed by atoms with van der Waals surface area (Å²) >= 11 is 0.172. The predicted octanol–water partition coefficient (Wildman–Crippen LogP) is 4.60. The number of furan rings is 1. The Kier molecular flexibility index (Phi) is 4.40. The minimum Gasteiger partial charge on any atom is -0.464 e. The predicted molar refractivity (Wildman–Crippen MR) is 81.7 cm³/mol. The highest BCUT2D eigenvalue weighted by Crippen LogP contribution is 2.33. The van der Waals surface area contributed by atoms with E-state index in [1.807, 2.05) is 0 Å². The van der Waals surface area contributed by atoms with Crippen molar-refractivity contribution in [3.05, 3.63) is 47.4 Å². The van der Waals surface area contributed by atoms with Gasteiger partial charge in [-0.1, -0.05) is 11.3 Å². The molecule has 0 fully saturated rings. The summed E-state index contributed by atoms with van der Waals surface area (Å²) < 4.78 is 56.1. The van der Waals surface area contributed by atoms with Gasteiger partial charge in [-0.3, -0.25) is 5.32 Å². The summed E-state index contributed by atoms with van der Waals surface area (Å²) in [5.41, 5.74) is 0.475. The third-order valence-corrected chi connectivity index (χ3v) is 3.79. The average Bonchev–Trinajstić information content (AvgIpc) is 3.18. The van der Waals surface area contributed by atoms with Crippen molar-refractivity contribution in [3.8, 4) is 11.3 Å². The van der Waals surface area contributed by atoms with Crippen LogP contribution in [0.5, 0.6) is 0 Å². The van der Waals surface area contributed by atoms with Crippen molar-refractivity contribution in [1.29, 1.82) is 0 Å². The Morgan fingerprint density at radius 1 is 1.16 bits per heavy atom. The van der Waals surface area contributed by atoms with Crippen molar-refractivity contribution < 1.29 is 26.8 Å². The van der Waals surface area contributed by atoms with Crippen molar-refractivity contribution >= 4 is 28.2 Å². The molecule has 3 aromatic rings. The fraction of sp³-hybridized carbons (Fsp3) is 0.0714. The van der Waals surface area contributed by atoms with E-state index >= 15 is 0 Å². The number of nitrogens with one attached hydrogen (secondary N) is 2. The van der Waals surface area contributed by atoms with Gasteiger partial charge in [-0.25, -0.2) is 9.18 Å². The van der Waals surface area contributed by atoms with E-state index in [0.29, 0.717) is 11.3 Å². The second kappa shape index (κ2) is 6.51. The average molecular weight is 372 g/mol. The van der Waals surface area contributed by atoms with Crippen molar-refractivity contribution in [2.45, 2.75) is 6.18 Å². The minimum absolute atomic E-state index is 0.0769. The molecule has 2 heterocycles. The molecule has 6 nitrogen and oxygen atoms in total. The van der Waals surface area contributed by atoms with E-state index in [1.54, 1.807) is 12.1 Å².